The van der Waals surface area contributed by atoms with Gasteiger partial charge >= 0.3 is 5.97 Å². The van der Waals surface area contributed by atoms with Crippen molar-refractivity contribution in [3.05, 3.63) is 65.2 Å². The summed E-state index contributed by atoms with van der Waals surface area (Å²) >= 11 is 0. The first-order valence-electron chi connectivity index (χ1n) is 8.49. The van der Waals surface area contributed by atoms with E-state index in [1.54, 1.807) is 30.3 Å². The van der Waals surface area contributed by atoms with Crippen LogP contribution < -0.4 is 10.1 Å². The van der Waals surface area contributed by atoms with Crippen LogP contribution in [0, 0.1) is 0 Å². The van der Waals surface area contributed by atoms with Crippen LogP contribution in [0.25, 0.3) is 6.08 Å². The van der Waals surface area contributed by atoms with Gasteiger partial charge in [-0.25, -0.2) is 4.79 Å². The minimum atomic E-state index is -0.983. The molecule has 1 aliphatic heterocycles. The molecule has 1 aliphatic rings. The summed E-state index contributed by atoms with van der Waals surface area (Å²) in [6.07, 6.45) is 0.717. The van der Waals surface area contributed by atoms with Gasteiger partial charge in [-0.15, -0.1) is 0 Å². The van der Waals surface area contributed by atoms with Gasteiger partial charge in [0.1, 0.15) is 12.4 Å². The van der Waals surface area contributed by atoms with Crippen LogP contribution in [0.3, 0.4) is 0 Å². The van der Waals surface area contributed by atoms with Crippen LogP contribution in [-0.4, -0.2) is 30.4 Å². The zero-order chi connectivity index (χ0) is 19.4. The maximum atomic E-state index is 12.3. The quantitative estimate of drug-likeness (QED) is 0.650. The molecule has 27 heavy (non-hydrogen) atoms. The Balaban J connectivity index is 1.60. The first kappa shape index (κ1) is 18.4. The Hall–Kier alpha value is -3.41. The molecular formula is C21H19NO5. The normalized spacial score (nSPS) is 13.5. The number of hydrogen-bond donors (Lipinski definition) is 1. The van der Waals surface area contributed by atoms with Gasteiger partial charge < -0.3 is 14.8 Å². The number of amides is 1. The number of nitrogens with one attached hydrogen (secondary N) is 1. The van der Waals surface area contributed by atoms with E-state index in [4.69, 9.17) is 9.47 Å². The number of carbonyl (C=O) groups excluding carboxylic acids is 3. The molecule has 0 aromatic heterocycles. The SMILES string of the molecule is CC(=O)c1ccc(NC(=O)[C@H](C)OC(=O)C2=Cc3ccccc3OC2)cc1. The Morgan fingerprint density at radius 3 is 2.48 bits per heavy atom. The molecule has 1 amide bonds. The lowest BCUT2D eigenvalue weighted by Gasteiger charge is -2.19. The highest BCUT2D eigenvalue weighted by atomic mass is 16.6. The van der Waals surface area contributed by atoms with E-state index in [1.807, 2.05) is 24.3 Å². The molecule has 1 heterocycles. The summed E-state index contributed by atoms with van der Waals surface area (Å²) in [7, 11) is 0. The van der Waals surface area contributed by atoms with Crippen molar-refractivity contribution in [3.63, 3.8) is 0 Å². The van der Waals surface area contributed by atoms with Gasteiger partial charge in [0.2, 0.25) is 0 Å². The smallest absolute Gasteiger partial charge is 0.338 e. The van der Waals surface area contributed by atoms with Crippen molar-refractivity contribution < 1.29 is 23.9 Å². The second-order valence-corrected chi connectivity index (χ2v) is 6.17. The van der Waals surface area contributed by atoms with Gasteiger partial charge in [0.25, 0.3) is 5.91 Å². The Kier molecular flexibility index (Phi) is 5.35. The third-order valence-corrected chi connectivity index (χ3v) is 4.11. The largest absolute Gasteiger partial charge is 0.488 e. The Morgan fingerprint density at radius 2 is 1.78 bits per heavy atom. The van der Waals surface area contributed by atoms with Gasteiger partial charge in [-0.2, -0.15) is 0 Å². The number of rotatable bonds is 5. The fourth-order valence-corrected chi connectivity index (χ4v) is 2.56. The number of esters is 1. The van der Waals surface area contributed by atoms with E-state index in [1.165, 1.54) is 13.8 Å². The number of fused-ring (bicyclic) bond motifs is 1. The average molecular weight is 365 g/mol. The van der Waals surface area contributed by atoms with Crippen molar-refractivity contribution in [2.75, 3.05) is 11.9 Å². The zero-order valence-electron chi connectivity index (χ0n) is 15.0. The zero-order valence-corrected chi connectivity index (χ0v) is 15.0. The van der Waals surface area contributed by atoms with Crippen LogP contribution in [0.4, 0.5) is 5.69 Å². The van der Waals surface area contributed by atoms with E-state index in [-0.39, 0.29) is 12.4 Å². The molecule has 0 spiro atoms. The van der Waals surface area contributed by atoms with Crippen molar-refractivity contribution in [3.8, 4) is 5.75 Å². The lowest BCUT2D eigenvalue weighted by atomic mass is 10.1. The van der Waals surface area contributed by atoms with Gasteiger partial charge in [-0.1, -0.05) is 18.2 Å². The van der Waals surface area contributed by atoms with Gasteiger partial charge in [-0.05, 0) is 50.3 Å². The maximum absolute atomic E-state index is 12.3. The number of ketones is 1. The van der Waals surface area contributed by atoms with Crippen LogP contribution in [0.1, 0.15) is 29.8 Å². The Labute approximate surface area is 156 Å². The highest BCUT2D eigenvalue weighted by Gasteiger charge is 2.23. The second-order valence-electron chi connectivity index (χ2n) is 6.17. The molecule has 0 radical (unpaired) electrons. The van der Waals surface area contributed by atoms with E-state index >= 15 is 0 Å². The van der Waals surface area contributed by atoms with Crippen LogP contribution in [-0.2, 0) is 14.3 Å². The van der Waals surface area contributed by atoms with Gasteiger partial charge in [-0.3, -0.25) is 9.59 Å². The van der Waals surface area contributed by atoms with Crippen LogP contribution in [0.15, 0.2) is 54.1 Å². The minimum absolute atomic E-state index is 0.0558. The third kappa shape index (κ3) is 4.41. The molecule has 6 nitrogen and oxygen atoms in total. The number of Topliss-reactive ketones (excluding diaryl/α,β-unsaturated/α-hetero) is 1. The fraction of sp³-hybridized carbons (Fsp3) is 0.190. The topological polar surface area (TPSA) is 81.7 Å². The van der Waals surface area contributed by atoms with E-state index in [0.29, 0.717) is 22.6 Å². The first-order valence-corrected chi connectivity index (χ1v) is 8.49. The maximum Gasteiger partial charge on any atom is 0.338 e. The molecular weight excluding hydrogens is 346 g/mol. The molecule has 0 saturated carbocycles. The lowest BCUT2D eigenvalue weighted by molar-refractivity contribution is -0.149. The molecule has 0 fully saturated rings. The summed E-state index contributed by atoms with van der Waals surface area (Å²) < 4.78 is 10.8. The molecule has 0 saturated heterocycles. The number of benzene rings is 2. The second kappa shape index (κ2) is 7.86. The number of carbonyl (C=O) groups is 3. The molecule has 0 bridgehead atoms. The van der Waals surface area contributed by atoms with Crippen molar-refractivity contribution in [1.29, 1.82) is 0 Å². The number of anilines is 1. The van der Waals surface area contributed by atoms with Crippen molar-refractivity contribution in [2.24, 2.45) is 0 Å². The van der Waals surface area contributed by atoms with Crippen molar-refractivity contribution in [1.82, 2.24) is 0 Å². The van der Waals surface area contributed by atoms with Crippen LogP contribution in [0.2, 0.25) is 0 Å². The van der Waals surface area contributed by atoms with Crippen LogP contribution >= 0.6 is 0 Å². The van der Waals surface area contributed by atoms with Crippen molar-refractivity contribution in [2.45, 2.75) is 20.0 Å². The standard InChI is InChI=1S/C21H19NO5/c1-13(23)15-7-9-18(10-8-15)22-20(24)14(2)27-21(25)17-11-16-5-3-4-6-19(16)26-12-17/h3-11,14H,12H2,1-2H3,(H,22,24)/t14-/m0/s1. The summed E-state index contributed by atoms with van der Waals surface area (Å²) in [6.45, 7) is 3.06. The Bertz CT molecular complexity index is 914. The van der Waals surface area contributed by atoms with E-state index in [0.717, 1.165) is 5.56 Å². The molecule has 2 aromatic carbocycles. The molecule has 1 atom stereocenters. The summed E-state index contributed by atoms with van der Waals surface area (Å²) in [6, 6.07) is 13.8. The first-order chi connectivity index (χ1) is 12.9. The number of hydrogen-bond acceptors (Lipinski definition) is 5. The van der Waals surface area contributed by atoms with Crippen LogP contribution in [0.5, 0.6) is 5.75 Å². The van der Waals surface area contributed by atoms with Gasteiger partial charge in [0.05, 0.1) is 5.57 Å². The van der Waals surface area contributed by atoms with Gasteiger partial charge in [0.15, 0.2) is 11.9 Å². The fourth-order valence-electron chi connectivity index (χ4n) is 2.56. The summed E-state index contributed by atoms with van der Waals surface area (Å²) in [5.74, 6) is -0.413. The highest BCUT2D eigenvalue weighted by molar-refractivity contribution is 6.00. The summed E-state index contributed by atoms with van der Waals surface area (Å²) in [5.41, 5.74) is 2.21. The Morgan fingerprint density at radius 1 is 1.07 bits per heavy atom. The molecule has 2 aromatic rings. The highest BCUT2D eigenvalue weighted by Crippen LogP contribution is 2.26. The molecule has 138 valence electrons. The molecule has 6 heteroatoms. The van der Waals surface area contributed by atoms with Crippen molar-refractivity contribution >= 4 is 29.4 Å². The van der Waals surface area contributed by atoms with E-state index in [2.05, 4.69) is 5.32 Å². The van der Waals surface area contributed by atoms with E-state index < -0.39 is 18.0 Å². The monoisotopic (exact) mass is 365 g/mol. The number of ether oxygens (including phenoxy) is 2. The summed E-state index contributed by atoms with van der Waals surface area (Å²) in [4.78, 5) is 35.8. The molecule has 0 unspecified atom stereocenters. The van der Waals surface area contributed by atoms with E-state index in [9.17, 15) is 14.4 Å². The predicted octanol–water partition coefficient (Wildman–Crippen LogP) is 3.24. The third-order valence-electron chi connectivity index (χ3n) is 4.11. The molecule has 0 aliphatic carbocycles. The number of para-hydroxylation sites is 1. The van der Waals surface area contributed by atoms with Gasteiger partial charge in [0, 0.05) is 16.8 Å². The average Bonchev–Trinajstić information content (AvgIpc) is 2.67. The predicted molar refractivity (Wildman–Crippen MR) is 101 cm³/mol. The lowest BCUT2D eigenvalue weighted by Crippen LogP contribution is -2.31. The minimum Gasteiger partial charge on any atom is -0.488 e. The molecule has 1 N–H and O–H groups in total. The molecule has 3 rings (SSSR count). The summed E-state index contributed by atoms with van der Waals surface area (Å²) in [5, 5.41) is 2.65.